The summed E-state index contributed by atoms with van der Waals surface area (Å²) in [4.78, 5) is 8.77. The molecule has 1 N–H and O–H groups in total. The minimum Gasteiger partial charge on any atom is -0.368 e. The Labute approximate surface area is 107 Å². The van der Waals surface area contributed by atoms with E-state index in [2.05, 4.69) is 21.4 Å². The molecule has 4 heteroatoms. The number of pyridine rings is 1. The van der Waals surface area contributed by atoms with Gasteiger partial charge in [0.1, 0.15) is 5.52 Å². The number of hydrogen-bond acceptors (Lipinski definition) is 3. The van der Waals surface area contributed by atoms with E-state index < -0.39 is 0 Å². The zero-order chi connectivity index (χ0) is 12.4. The first-order valence-electron chi connectivity index (χ1n) is 6.52. The van der Waals surface area contributed by atoms with Crippen molar-refractivity contribution in [2.45, 2.75) is 25.7 Å². The van der Waals surface area contributed by atoms with Crippen LogP contribution in [0.15, 0.2) is 30.2 Å². The summed E-state index contributed by atoms with van der Waals surface area (Å²) in [6.45, 7) is 0.939. The molecular weight excluding hydrogens is 224 g/mol. The van der Waals surface area contributed by atoms with E-state index in [1.807, 2.05) is 30.2 Å². The molecule has 0 fully saturated rings. The van der Waals surface area contributed by atoms with E-state index in [0.29, 0.717) is 0 Å². The van der Waals surface area contributed by atoms with Crippen LogP contribution in [0.1, 0.15) is 25.7 Å². The number of nitrogens with zero attached hydrogens (tertiary/aromatic N) is 3. The van der Waals surface area contributed by atoms with Crippen LogP contribution in [-0.2, 0) is 7.05 Å². The number of allylic oxidation sites excluding steroid dienone is 1. The second kappa shape index (κ2) is 4.80. The molecule has 18 heavy (non-hydrogen) atoms. The van der Waals surface area contributed by atoms with Gasteiger partial charge in [0.25, 0.3) is 0 Å². The van der Waals surface area contributed by atoms with Crippen molar-refractivity contribution in [2.75, 3.05) is 11.9 Å². The average molecular weight is 242 g/mol. The van der Waals surface area contributed by atoms with Crippen molar-refractivity contribution in [1.82, 2.24) is 14.5 Å². The first-order valence-corrected chi connectivity index (χ1v) is 6.52. The maximum atomic E-state index is 4.39. The van der Waals surface area contributed by atoms with Crippen LogP contribution in [0.2, 0.25) is 0 Å². The van der Waals surface area contributed by atoms with Gasteiger partial charge in [0.15, 0.2) is 5.82 Å². The van der Waals surface area contributed by atoms with Crippen LogP contribution in [0.25, 0.3) is 11.0 Å². The Balaban J connectivity index is 1.70. The SMILES string of the molecule is Cn1cnc2c(NCCC3=CCCC3)nccc21. The summed E-state index contributed by atoms with van der Waals surface area (Å²) in [5.41, 5.74) is 3.66. The minimum absolute atomic E-state index is 0.895. The Morgan fingerprint density at radius 3 is 3.17 bits per heavy atom. The minimum atomic E-state index is 0.895. The summed E-state index contributed by atoms with van der Waals surface area (Å²) in [5.74, 6) is 0.895. The number of nitrogens with one attached hydrogen (secondary N) is 1. The predicted octanol–water partition coefficient (Wildman–Crippen LogP) is 2.88. The number of aryl methyl sites for hydroxylation is 1. The third-order valence-corrected chi connectivity index (χ3v) is 3.52. The van der Waals surface area contributed by atoms with Crippen LogP contribution in [0.3, 0.4) is 0 Å². The van der Waals surface area contributed by atoms with Gasteiger partial charge in [-0.25, -0.2) is 9.97 Å². The summed E-state index contributed by atoms with van der Waals surface area (Å²) < 4.78 is 2.02. The van der Waals surface area contributed by atoms with Crippen LogP contribution < -0.4 is 5.32 Å². The lowest BCUT2D eigenvalue weighted by Crippen LogP contribution is -2.04. The van der Waals surface area contributed by atoms with Crippen molar-refractivity contribution in [3.05, 3.63) is 30.2 Å². The molecule has 4 nitrogen and oxygen atoms in total. The number of hydrogen-bond donors (Lipinski definition) is 1. The van der Waals surface area contributed by atoms with Gasteiger partial charge in [-0.2, -0.15) is 0 Å². The van der Waals surface area contributed by atoms with E-state index in [-0.39, 0.29) is 0 Å². The second-order valence-corrected chi connectivity index (χ2v) is 4.81. The monoisotopic (exact) mass is 242 g/mol. The van der Waals surface area contributed by atoms with Crippen LogP contribution in [0.5, 0.6) is 0 Å². The van der Waals surface area contributed by atoms with Crippen LogP contribution in [0, 0.1) is 0 Å². The largest absolute Gasteiger partial charge is 0.368 e. The van der Waals surface area contributed by atoms with E-state index in [0.717, 1.165) is 29.8 Å². The molecule has 2 heterocycles. The van der Waals surface area contributed by atoms with Gasteiger partial charge in [0.05, 0.1) is 11.8 Å². The Morgan fingerprint density at radius 2 is 2.33 bits per heavy atom. The third-order valence-electron chi connectivity index (χ3n) is 3.52. The van der Waals surface area contributed by atoms with Crippen molar-refractivity contribution in [2.24, 2.45) is 7.05 Å². The number of imidazole rings is 1. The van der Waals surface area contributed by atoms with E-state index in [1.54, 1.807) is 5.57 Å². The summed E-state index contributed by atoms with van der Waals surface area (Å²) in [5, 5.41) is 3.40. The standard InChI is InChI=1S/C14H18N4/c1-18-10-17-13-12(18)7-9-16-14(13)15-8-6-11-4-2-3-5-11/h4,7,9-10H,2-3,5-6,8H2,1H3,(H,15,16). The Kier molecular flexibility index (Phi) is 3.00. The molecule has 2 aromatic rings. The zero-order valence-corrected chi connectivity index (χ0v) is 10.7. The van der Waals surface area contributed by atoms with E-state index in [9.17, 15) is 0 Å². The predicted molar refractivity (Wildman–Crippen MR) is 73.5 cm³/mol. The lowest BCUT2D eigenvalue weighted by atomic mass is 10.2. The van der Waals surface area contributed by atoms with Gasteiger partial charge in [0.2, 0.25) is 0 Å². The molecule has 0 bridgehead atoms. The van der Waals surface area contributed by atoms with Crippen molar-refractivity contribution in [3.63, 3.8) is 0 Å². The number of fused-ring (bicyclic) bond motifs is 1. The number of aromatic nitrogens is 3. The Hall–Kier alpha value is -1.84. The summed E-state index contributed by atoms with van der Waals surface area (Å²) in [6.07, 6.45) is 11.0. The van der Waals surface area contributed by atoms with Gasteiger partial charge < -0.3 is 9.88 Å². The lowest BCUT2D eigenvalue weighted by Gasteiger charge is -2.06. The highest BCUT2D eigenvalue weighted by atomic mass is 15.1. The molecule has 2 aromatic heterocycles. The number of anilines is 1. The smallest absolute Gasteiger partial charge is 0.154 e. The van der Waals surface area contributed by atoms with Gasteiger partial charge in [-0.3, -0.25) is 0 Å². The normalized spacial score (nSPS) is 15.1. The topological polar surface area (TPSA) is 42.7 Å². The number of rotatable bonds is 4. The Morgan fingerprint density at radius 1 is 1.39 bits per heavy atom. The third kappa shape index (κ3) is 2.10. The molecule has 0 unspecified atom stereocenters. The highest BCUT2D eigenvalue weighted by Crippen LogP contribution is 2.22. The highest BCUT2D eigenvalue weighted by Gasteiger charge is 2.07. The van der Waals surface area contributed by atoms with Crippen LogP contribution in [0.4, 0.5) is 5.82 Å². The van der Waals surface area contributed by atoms with Gasteiger partial charge in [-0.05, 0) is 31.7 Å². The van der Waals surface area contributed by atoms with E-state index in [1.165, 1.54) is 19.3 Å². The maximum absolute atomic E-state index is 4.39. The molecule has 0 atom stereocenters. The molecule has 0 radical (unpaired) electrons. The molecule has 0 saturated carbocycles. The fourth-order valence-electron chi connectivity index (χ4n) is 2.50. The van der Waals surface area contributed by atoms with Gasteiger partial charge in [-0.1, -0.05) is 11.6 Å². The molecule has 0 saturated heterocycles. The molecular formula is C14H18N4. The second-order valence-electron chi connectivity index (χ2n) is 4.81. The van der Waals surface area contributed by atoms with Crippen LogP contribution in [-0.4, -0.2) is 21.1 Å². The molecule has 1 aliphatic carbocycles. The first kappa shape index (κ1) is 11.3. The summed E-state index contributed by atoms with van der Waals surface area (Å²) >= 11 is 0. The summed E-state index contributed by atoms with van der Waals surface area (Å²) in [6, 6.07) is 1.99. The lowest BCUT2D eigenvalue weighted by molar-refractivity contribution is 0.862. The maximum Gasteiger partial charge on any atom is 0.154 e. The molecule has 0 amide bonds. The Bertz CT molecular complexity index is 582. The summed E-state index contributed by atoms with van der Waals surface area (Å²) in [7, 11) is 2.00. The van der Waals surface area contributed by atoms with Gasteiger partial charge in [0, 0.05) is 19.8 Å². The highest BCUT2D eigenvalue weighted by molar-refractivity contribution is 5.85. The first-order chi connectivity index (χ1) is 8.84. The molecule has 1 aliphatic rings. The molecule has 94 valence electrons. The van der Waals surface area contributed by atoms with Crippen LogP contribution >= 0.6 is 0 Å². The van der Waals surface area contributed by atoms with Gasteiger partial charge in [-0.15, -0.1) is 0 Å². The van der Waals surface area contributed by atoms with Gasteiger partial charge >= 0.3 is 0 Å². The molecule has 0 aromatic carbocycles. The van der Waals surface area contributed by atoms with E-state index in [4.69, 9.17) is 0 Å². The van der Waals surface area contributed by atoms with E-state index >= 15 is 0 Å². The molecule has 3 rings (SSSR count). The van der Waals surface area contributed by atoms with Crippen molar-refractivity contribution in [1.29, 1.82) is 0 Å². The molecule has 0 aliphatic heterocycles. The fraction of sp³-hybridized carbons (Fsp3) is 0.429. The van der Waals surface area contributed by atoms with Crippen molar-refractivity contribution < 1.29 is 0 Å². The fourth-order valence-corrected chi connectivity index (χ4v) is 2.50. The zero-order valence-electron chi connectivity index (χ0n) is 10.7. The average Bonchev–Trinajstić information content (AvgIpc) is 3.01. The van der Waals surface area contributed by atoms with Crippen molar-refractivity contribution in [3.8, 4) is 0 Å². The molecule has 0 spiro atoms. The van der Waals surface area contributed by atoms with Crippen molar-refractivity contribution >= 4 is 16.9 Å². The quantitative estimate of drug-likeness (QED) is 0.838.